The van der Waals surface area contributed by atoms with Crippen LogP contribution >= 0.6 is 12.4 Å². The van der Waals surface area contributed by atoms with Gasteiger partial charge < -0.3 is 21.0 Å². The second-order valence-corrected chi connectivity index (χ2v) is 11.4. The molecule has 12 heteroatoms. The molecule has 2 atom stereocenters. The average Bonchev–Trinajstić information content (AvgIpc) is 3.33. The molecule has 2 aliphatic rings. The minimum Gasteiger partial charge on any atom is -0.361 e. The summed E-state index contributed by atoms with van der Waals surface area (Å²) in [5, 5.41) is 6.89. The lowest BCUT2D eigenvalue weighted by molar-refractivity contribution is -0.139. The standard InChI is InChI=1S/C24H38N6O4S.ClH/c1-18(2)15-21(28-35(33,34)20-7-4-3-5-8-20)24(32)30-12-6-9-22(30)23(31)16-26-19-10-13-29(14-11-19)17-27-25;/h3-5,7-8,17-19,21-22,26,28H,6,9-16,25H2,1-2H3;1H/t21-,22+;/m1./s1. The van der Waals surface area contributed by atoms with E-state index in [0.717, 1.165) is 32.4 Å². The highest BCUT2D eigenvalue weighted by molar-refractivity contribution is 7.89. The number of ketones is 1. The highest BCUT2D eigenvalue weighted by Gasteiger charge is 2.38. The molecule has 0 bridgehead atoms. The van der Waals surface area contributed by atoms with Crippen molar-refractivity contribution in [3.05, 3.63) is 30.3 Å². The van der Waals surface area contributed by atoms with Crippen LogP contribution in [0.2, 0.25) is 0 Å². The van der Waals surface area contributed by atoms with Crippen LogP contribution < -0.4 is 15.9 Å². The van der Waals surface area contributed by atoms with Crippen molar-refractivity contribution in [2.75, 3.05) is 26.2 Å². The van der Waals surface area contributed by atoms with E-state index in [1.54, 1.807) is 29.4 Å². The van der Waals surface area contributed by atoms with Gasteiger partial charge in [0.05, 0.1) is 17.5 Å². The zero-order valence-electron chi connectivity index (χ0n) is 21.0. The number of piperidine rings is 1. The van der Waals surface area contributed by atoms with Crippen LogP contribution in [0.4, 0.5) is 0 Å². The fraction of sp³-hybridized carbons (Fsp3) is 0.625. The van der Waals surface area contributed by atoms with Crippen LogP contribution in [0.3, 0.4) is 0 Å². The molecule has 10 nitrogen and oxygen atoms in total. The zero-order chi connectivity index (χ0) is 25.4. The fourth-order valence-electron chi connectivity index (χ4n) is 4.77. The van der Waals surface area contributed by atoms with Crippen LogP contribution in [0.1, 0.15) is 46.0 Å². The van der Waals surface area contributed by atoms with Gasteiger partial charge in [-0.2, -0.15) is 9.82 Å². The summed E-state index contributed by atoms with van der Waals surface area (Å²) in [6.45, 7) is 6.16. The van der Waals surface area contributed by atoms with Crippen molar-refractivity contribution in [2.45, 2.75) is 69.0 Å². The lowest BCUT2D eigenvalue weighted by atomic mass is 10.0. The van der Waals surface area contributed by atoms with Gasteiger partial charge >= 0.3 is 0 Å². The van der Waals surface area contributed by atoms with Crippen molar-refractivity contribution in [3.8, 4) is 0 Å². The number of hydrogen-bond donors (Lipinski definition) is 3. The van der Waals surface area contributed by atoms with Gasteiger partial charge in [0.2, 0.25) is 15.9 Å². The van der Waals surface area contributed by atoms with Gasteiger partial charge in [-0.15, -0.1) is 12.4 Å². The maximum absolute atomic E-state index is 13.5. The number of Topliss-reactive ketones (excluding diaryl/α,β-unsaturated/α-hetero) is 1. The first-order valence-electron chi connectivity index (χ1n) is 12.3. The topological polar surface area (TPSA) is 137 Å². The number of carbonyl (C=O) groups is 2. The Hall–Kier alpha value is -2.21. The molecule has 202 valence electrons. The molecular formula is C24H39ClN6O4S. The largest absolute Gasteiger partial charge is 0.361 e. The van der Waals surface area contributed by atoms with Gasteiger partial charge in [-0.25, -0.2) is 8.42 Å². The first kappa shape index (κ1) is 30.0. The summed E-state index contributed by atoms with van der Waals surface area (Å²) in [4.78, 5) is 30.3. The molecular weight excluding hydrogens is 504 g/mol. The molecule has 2 aliphatic heterocycles. The summed E-state index contributed by atoms with van der Waals surface area (Å²) in [7, 11) is -3.87. The van der Waals surface area contributed by atoms with E-state index in [-0.39, 0.29) is 47.5 Å². The molecule has 0 spiro atoms. The Kier molecular flexibility index (Phi) is 11.6. The molecule has 1 aromatic carbocycles. The maximum Gasteiger partial charge on any atom is 0.241 e. The number of halogens is 1. The van der Waals surface area contributed by atoms with Crippen molar-refractivity contribution in [1.82, 2.24) is 19.8 Å². The Morgan fingerprint density at radius 1 is 1.14 bits per heavy atom. The number of hydrazone groups is 1. The molecule has 4 N–H and O–H groups in total. The number of likely N-dealkylation sites (tertiary alicyclic amines) is 2. The van der Waals surface area contributed by atoms with Gasteiger partial charge in [-0.05, 0) is 50.2 Å². The molecule has 1 amide bonds. The second-order valence-electron chi connectivity index (χ2n) is 9.73. The van der Waals surface area contributed by atoms with E-state index in [0.29, 0.717) is 19.4 Å². The van der Waals surface area contributed by atoms with E-state index in [9.17, 15) is 18.0 Å². The number of hydrogen-bond acceptors (Lipinski definition) is 7. The van der Waals surface area contributed by atoms with Crippen LogP contribution in [0, 0.1) is 5.92 Å². The summed E-state index contributed by atoms with van der Waals surface area (Å²) in [6, 6.07) is 6.80. The Balaban J connectivity index is 0.00000456. The highest BCUT2D eigenvalue weighted by atomic mass is 35.5. The zero-order valence-corrected chi connectivity index (χ0v) is 22.6. The van der Waals surface area contributed by atoms with Gasteiger partial charge in [-0.1, -0.05) is 32.0 Å². The van der Waals surface area contributed by atoms with E-state index in [1.165, 1.54) is 12.1 Å². The Labute approximate surface area is 220 Å². The van der Waals surface area contributed by atoms with Crippen molar-refractivity contribution in [3.63, 3.8) is 0 Å². The summed E-state index contributed by atoms with van der Waals surface area (Å²) in [6.07, 6.45) is 5.05. The third-order valence-corrected chi connectivity index (χ3v) is 8.08. The van der Waals surface area contributed by atoms with Crippen LogP contribution in [-0.4, -0.2) is 80.6 Å². The van der Waals surface area contributed by atoms with Crippen molar-refractivity contribution >= 4 is 40.5 Å². The van der Waals surface area contributed by atoms with Gasteiger partial charge in [0.15, 0.2) is 5.78 Å². The van der Waals surface area contributed by atoms with Gasteiger partial charge in [0.1, 0.15) is 12.4 Å². The normalized spacial score (nSPS) is 20.0. The highest BCUT2D eigenvalue weighted by Crippen LogP contribution is 2.22. The number of nitrogens with two attached hydrogens (primary N) is 1. The monoisotopic (exact) mass is 542 g/mol. The number of rotatable bonds is 11. The molecule has 3 rings (SSSR count). The van der Waals surface area contributed by atoms with Crippen LogP contribution in [0.25, 0.3) is 0 Å². The molecule has 2 fully saturated rings. The molecule has 2 heterocycles. The third kappa shape index (κ3) is 8.16. The summed E-state index contributed by atoms with van der Waals surface area (Å²) < 4.78 is 28.5. The molecule has 0 unspecified atom stereocenters. The average molecular weight is 543 g/mol. The van der Waals surface area contributed by atoms with Crippen molar-refractivity contribution < 1.29 is 18.0 Å². The maximum atomic E-state index is 13.5. The van der Waals surface area contributed by atoms with Gasteiger partial charge in [-0.3, -0.25) is 9.59 Å². The number of carbonyl (C=O) groups excluding carboxylic acids is 2. The van der Waals surface area contributed by atoms with E-state index in [1.807, 2.05) is 18.7 Å². The fourth-order valence-corrected chi connectivity index (χ4v) is 5.99. The first-order chi connectivity index (χ1) is 16.7. The number of sulfonamides is 1. The van der Waals surface area contributed by atoms with Crippen molar-refractivity contribution in [2.24, 2.45) is 16.9 Å². The Morgan fingerprint density at radius 3 is 2.42 bits per heavy atom. The number of nitrogens with one attached hydrogen (secondary N) is 2. The number of amides is 1. The predicted molar refractivity (Wildman–Crippen MR) is 142 cm³/mol. The summed E-state index contributed by atoms with van der Waals surface area (Å²) in [5.41, 5.74) is 0. The van der Waals surface area contributed by atoms with Crippen LogP contribution in [0.5, 0.6) is 0 Å². The Bertz CT molecular complexity index is 984. The molecule has 0 radical (unpaired) electrons. The van der Waals surface area contributed by atoms with Crippen LogP contribution in [-0.2, 0) is 19.6 Å². The van der Waals surface area contributed by atoms with Crippen LogP contribution in [0.15, 0.2) is 40.3 Å². The molecule has 2 saturated heterocycles. The number of benzene rings is 1. The van der Waals surface area contributed by atoms with E-state index >= 15 is 0 Å². The second kappa shape index (κ2) is 13.9. The lowest BCUT2D eigenvalue weighted by Crippen LogP contribution is -2.53. The lowest BCUT2D eigenvalue weighted by Gasteiger charge is -2.32. The van der Waals surface area contributed by atoms with E-state index < -0.39 is 22.1 Å². The number of nitrogens with zero attached hydrogens (tertiary/aromatic N) is 3. The predicted octanol–water partition coefficient (Wildman–Crippen LogP) is 1.32. The third-order valence-electron chi connectivity index (χ3n) is 6.59. The quantitative estimate of drug-likeness (QED) is 0.166. The Morgan fingerprint density at radius 2 is 1.81 bits per heavy atom. The minimum absolute atomic E-state index is 0. The smallest absolute Gasteiger partial charge is 0.241 e. The summed E-state index contributed by atoms with van der Waals surface area (Å²) >= 11 is 0. The van der Waals surface area contributed by atoms with Gasteiger partial charge in [0.25, 0.3) is 0 Å². The van der Waals surface area contributed by atoms with E-state index in [2.05, 4.69) is 15.1 Å². The molecule has 0 aliphatic carbocycles. The summed E-state index contributed by atoms with van der Waals surface area (Å²) in [5.74, 6) is 4.94. The molecule has 36 heavy (non-hydrogen) atoms. The van der Waals surface area contributed by atoms with Gasteiger partial charge in [0, 0.05) is 25.7 Å². The molecule has 0 aromatic heterocycles. The SMILES string of the molecule is CC(C)C[C@@H](NS(=O)(=O)c1ccccc1)C(=O)N1CCC[C@H]1C(=O)CNC1CCN(C=NN)CC1.Cl. The minimum atomic E-state index is -3.87. The molecule has 1 aromatic rings. The van der Waals surface area contributed by atoms with Crippen molar-refractivity contribution in [1.29, 1.82) is 0 Å². The first-order valence-corrected chi connectivity index (χ1v) is 13.8. The molecule has 0 saturated carbocycles. The van der Waals surface area contributed by atoms with E-state index in [4.69, 9.17) is 5.84 Å².